The quantitative estimate of drug-likeness (QED) is 0.892. The van der Waals surface area contributed by atoms with E-state index in [2.05, 4.69) is 0 Å². The Bertz CT molecular complexity index is 424. The summed E-state index contributed by atoms with van der Waals surface area (Å²) in [7, 11) is 0. The zero-order valence-electron chi connectivity index (χ0n) is 10.2. The molecule has 1 fully saturated rings. The van der Waals surface area contributed by atoms with Crippen molar-refractivity contribution in [2.75, 3.05) is 0 Å². The van der Waals surface area contributed by atoms with Gasteiger partial charge in [0, 0.05) is 5.56 Å². The Kier molecular flexibility index (Phi) is 5.08. The number of rotatable bonds is 3. The molecule has 2 nitrogen and oxygen atoms in total. The van der Waals surface area contributed by atoms with E-state index in [1.807, 2.05) is 0 Å². The first-order chi connectivity index (χ1) is 8.02. The van der Waals surface area contributed by atoms with Crippen LogP contribution in [0.3, 0.4) is 0 Å². The Morgan fingerprint density at radius 1 is 1.28 bits per heavy atom. The molecule has 0 spiro atoms. The SMILES string of the molecule is Cc1ccc([C@H](N)[C@H](O)C2CCC2)c(F)c1F.Cl. The molecular formula is C13H18ClF2NO. The maximum atomic E-state index is 13.7. The summed E-state index contributed by atoms with van der Waals surface area (Å²) in [6.07, 6.45) is 2.09. The van der Waals surface area contributed by atoms with E-state index in [4.69, 9.17) is 5.73 Å². The van der Waals surface area contributed by atoms with Crippen LogP contribution in [0.2, 0.25) is 0 Å². The Morgan fingerprint density at radius 3 is 2.39 bits per heavy atom. The molecule has 18 heavy (non-hydrogen) atoms. The van der Waals surface area contributed by atoms with Gasteiger partial charge in [0.1, 0.15) is 0 Å². The molecule has 0 aromatic heterocycles. The summed E-state index contributed by atoms with van der Waals surface area (Å²) in [6.45, 7) is 1.50. The second kappa shape index (κ2) is 5.95. The smallest absolute Gasteiger partial charge is 0.163 e. The van der Waals surface area contributed by atoms with E-state index in [1.165, 1.54) is 19.1 Å². The summed E-state index contributed by atoms with van der Waals surface area (Å²) in [4.78, 5) is 0. The first-order valence-electron chi connectivity index (χ1n) is 5.90. The molecule has 5 heteroatoms. The van der Waals surface area contributed by atoms with Gasteiger partial charge in [-0.25, -0.2) is 8.78 Å². The van der Waals surface area contributed by atoms with Crippen molar-refractivity contribution in [2.45, 2.75) is 38.3 Å². The van der Waals surface area contributed by atoms with Gasteiger partial charge in [0.05, 0.1) is 12.1 Å². The van der Waals surface area contributed by atoms with Crippen LogP contribution in [0.5, 0.6) is 0 Å². The maximum absolute atomic E-state index is 13.7. The second-order valence-electron chi connectivity index (χ2n) is 4.81. The fourth-order valence-electron chi connectivity index (χ4n) is 2.18. The highest BCUT2D eigenvalue weighted by Gasteiger charge is 2.32. The molecule has 0 bridgehead atoms. The van der Waals surface area contributed by atoms with Crippen molar-refractivity contribution in [3.8, 4) is 0 Å². The lowest BCUT2D eigenvalue weighted by atomic mass is 9.77. The molecule has 1 aromatic carbocycles. The molecule has 0 unspecified atom stereocenters. The van der Waals surface area contributed by atoms with Crippen LogP contribution < -0.4 is 5.73 Å². The average Bonchev–Trinajstić information content (AvgIpc) is 2.23. The lowest BCUT2D eigenvalue weighted by Gasteiger charge is -2.34. The molecule has 0 saturated heterocycles. The summed E-state index contributed by atoms with van der Waals surface area (Å²) >= 11 is 0. The van der Waals surface area contributed by atoms with E-state index in [-0.39, 0.29) is 29.5 Å². The summed E-state index contributed by atoms with van der Waals surface area (Å²) < 4.78 is 27.1. The van der Waals surface area contributed by atoms with Crippen molar-refractivity contribution in [1.82, 2.24) is 0 Å². The monoisotopic (exact) mass is 277 g/mol. The van der Waals surface area contributed by atoms with Crippen LogP contribution >= 0.6 is 12.4 Å². The van der Waals surface area contributed by atoms with E-state index in [9.17, 15) is 13.9 Å². The van der Waals surface area contributed by atoms with Gasteiger partial charge in [-0.3, -0.25) is 0 Å². The molecular weight excluding hydrogens is 260 g/mol. The third kappa shape index (κ3) is 2.66. The minimum Gasteiger partial charge on any atom is -0.391 e. The van der Waals surface area contributed by atoms with Crippen LogP contribution in [0, 0.1) is 24.5 Å². The molecule has 3 N–H and O–H groups in total. The van der Waals surface area contributed by atoms with Crippen molar-refractivity contribution in [2.24, 2.45) is 11.7 Å². The van der Waals surface area contributed by atoms with Crippen molar-refractivity contribution in [3.63, 3.8) is 0 Å². The van der Waals surface area contributed by atoms with E-state index in [0.717, 1.165) is 19.3 Å². The van der Waals surface area contributed by atoms with Crippen LogP contribution in [0.25, 0.3) is 0 Å². The molecule has 0 radical (unpaired) electrons. The Labute approximate surface area is 112 Å². The maximum Gasteiger partial charge on any atom is 0.163 e. The predicted molar refractivity (Wildman–Crippen MR) is 68.6 cm³/mol. The largest absolute Gasteiger partial charge is 0.391 e. The van der Waals surface area contributed by atoms with Gasteiger partial charge in [-0.05, 0) is 31.2 Å². The van der Waals surface area contributed by atoms with E-state index in [1.54, 1.807) is 0 Å². The highest BCUT2D eigenvalue weighted by molar-refractivity contribution is 5.85. The number of hydrogen-bond donors (Lipinski definition) is 2. The zero-order chi connectivity index (χ0) is 12.6. The summed E-state index contributed by atoms with van der Waals surface area (Å²) in [5.74, 6) is -1.69. The molecule has 1 aliphatic carbocycles. The summed E-state index contributed by atoms with van der Waals surface area (Å²) in [6, 6.07) is 2.09. The van der Waals surface area contributed by atoms with Crippen LogP contribution in [0.4, 0.5) is 8.78 Å². The van der Waals surface area contributed by atoms with E-state index >= 15 is 0 Å². The van der Waals surface area contributed by atoms with Gasteiger partial charge >= 0.3 is 0 Å². The molecule has 0 heterocycles. The molecule has 1 aliphatic rings. The standard InChI is InChI=1S/C13H17F2NO.ClH/c1-7-5-6-9(11(15)10(7)14)12(16)13(17)8-3-2-4-8;/h5-6,8,12-13,17H,2-4,16H2,1H3;1H/t12-,13+;/m0./s1. The first-order valence-corrected chi connectivity index (χ1v) is 5.90. The van der Waals surface area contributed by atoms with Gasteiger partial charge in [-0.15, -0.1) is 12.4 Å². The third-order valence-electron chi connectivity index (χ3n) is 3.67. The Hall–Kier alpha value is -0.710. The molecule has 2 atom stereocenters. The van der Waals surface area contributed by atoms with Crippen molar-refractivity contribution < 1.29 is 13.9 Å². The number of nitrogens with two attached hydrogens (primary N) is 1. The fraction of sp³-hybridized carbons (Fsp3) is 0.538. The molecule has 1 aromatic rings. The van der Waals surface area contributed by atoms with Crippen LogP contribution in [-0.4, -0.2) is 11.2 Å². The topological polar surface area (TPSA) is 46.2 Å². The minimum atomic E-state index is -0.934. The molecule has 102 valence electrons. The normalized spacial score (nSPS) is 18.7. The molecule has 1 saturated carbocycles. The molecule has 0 aliphatic heterocycles. The molecule has 0 amide bonds. The number of aryl methyl sites for hydroxylation is 1. The number of aliphatic hydroxyl groups excluding tert-OH is 1. The average molecular weight is 278 g/mol. The molecule has 2 rings (SSSR count). The number of aliphatic hydroxyl groups is 1. The van der Waals surface area contributed by atoms with Gasteiger partial charge in [-0.1, -0.05) is 18.6 Å². The van der Waals surface area contributed by atoms with Gasteiger partial charge < -0.3 is 10.8 Å². The lowest BCUT2D eigenvalue weighted by molar-refractivity contribution is 0.0403. The van der Waals surface area contributed by atoms with Crippen molar-refractivity contribution >= 4 is 12.4 Å². The van der Waals surface area contributed by atoms with E-state index in [0.29, 0.717) is 0 Å². The number of halogens is 3. The minimum absolute atomic E-state index is 0. The zero-order valence-corrected chi connectivity index (χ0v) is 11.0. The number of benzene rings is 1. The lowest BCUT2D eigenvalue weighted by Crippen LogP contribution is -2.37. The highest BCUT2D eigenvalue weighted by Crippen LogP contribution is 2.35. The van der Waals surface area contributed by atoms with Crippen LogP contribution in [0.1, 0.15) is 36.4 Å². The van der Waals surface area contributed by atoms with Crippen LogP contribution in [-0.2, 0) is 0 Å². The Morgan fingerprint density at radius 2 is 1.89 bits per heavy atom. The summed E-state index contributed by atoms with van der Waals surface area (Å²) in [5.41, 5.74) is 6.12. The third-order valence-corrected chi connectivity index (χ3v) is 3.67. The Balaban J connectivity index is 0.00000162. The summed E-state index contributed by atoms with van der Waals surface area (Å²) in [5, 5.41) is 9.96. The van der Waals surface area contributed by atoms with E-state index < -0.39 is 23.8 Å². The highest BCUT2D eigenvalue weighted by atomic mass is 35.5. The fourth-order valence-corrected chi connectivity index (χ4v) is 2.18. The van der Waals surface area contributed by atoms with Gasteiger partial charge in [0.2, 0.25) is 0 Å². The predicted octanol–water partition coefficient (Wildman–Crippen LogP) is 2.86. The second-order valence-corrected chi connectivity index (χ2v) is 4.81. The van der Waals surface area contributed by atoms with Gasteiger partial charge in [-0.2, -0.15) is 0 Å². The van der Waals surface area contributed by atoms with Crippen molar-refractivity contribution in [1.29, 1.82) is 0 Å². The first kappa shape index (κ1) is 15.3. The van der Waals surface area contributed by atoms with Crippen LogP contribution in [0.15, 0.2) is 12.1 Å². The van der Waals surface area contributed by atoms with Crippen molar-refractivity contribution in [3.05, 3.63) is 34.9 Å². The van der Waals surface area contributed by atoms with Gasteiger partial charge in [0.15, 0.2) is 11.6 Å². The van der Waals surface area contributed by atoms with Gasteiger partial charge in [0.25, 0.3) is 0 Å². The number of hydrogen-bond acceptors (Lipinski definition) is 2.